The average molecular weight is 520 g/mol. The van der Waals surface area contributed by atoms with Crippen molar-refractivity contribution in [3.05, 3.63) is 11.1 Å². The number of aromatic nitrogens is 4. The number of hydrogen-bond acceptors (Lipinski definition) is 9. The summed E-state index contributed by atoms with van der Waals surface area (Å²) < 4.78 is 19.0. The number of piperidine rings is 1. The van der Waals surface area contributed by atoms with Crippen molar-refractivity contribution in [1.82, 2.24) is 29.3 Å². The van der Waals surface area contributed by atoms with Gasteiger partial charge in [-0.1, -0.05) is 0 Å². The highest BCUT2D eigenvalue weighted by atomic mass is 35.5. The molecule has 4 aliphatic heterocycles. The molecule has 2 aromatic rings. The highest BCUT2D eigenvalue weighted by Crippen LogP contribution is 2.33. The topological polar surface area (TPSA) is 98.1 Å². The summed E-state index contributed by atoms with van der Waals surface area (Å²) in [6.07, 6.45) is 4.46. The van der Waals surface area contributed by atoms with Gasteiger partial charge in [-0.3, -0.25) is 14.3 Å². The van der Waals surface area contributed by atoms with Crippen molar-refractivity contribution in [3.8, 4) is 0 Å². The molecule has 6 rings (SSSR count). The quantitative estimate of drug-likeness (QED) is 0.561. The van der Waals surface area contributed by atoms with Crippen LogP contribution in [0.2, 0.25) is 5.28 Å². The van der Waals surface area contributed by atoms with E-state index in [4.69, 9.17) is 30.8 Å². The van der Waals surface area contributed by atoms with Gasteiger partial charge in [0.1, 0.15) is 6.23 Å². The maximum Gasteiger partial charge on any atom is 0.290 e. The van der Waals surface area contributed by atoms with Crippen molar-refractivity contribution in [2.24, 2.45) is 0 Å². The fourth-order valence-electron chi connectivity index (χ4n) is 5.80. The molecular weight excluding hydrogens is 486 g/mol. The number of anilines is 1. The molecule has 0 bridgehead atoms. The summed E-state index contributed by atoms with van der Waals surface area (Å²) in [4.78, 5) is 34.4. The van der Waals surface area contributed by atoms with Crippen LogP contribution in [0.15, 0.2) is 0 Å². The van der Waals surface area contributed by atoms with E-state index in [0.29, 0.717) is 74.8 Å². The number of carbonyl (C=O) groups is 1. The fourth-order valence-corrected chi connectivity index (χ4v) is 5.96. The molecule has 1 atom stereocenters. The van der Waals surface area contributed by atoms with Crippen molar-refractivity contribution >= 4 is 34.5 Å². The molecule has 4 aliphatic rings. The summed E-state index contributed by atoms with van der Waals surface area (Å²) in [7, 11) is 0. The third kappa shape index (κ3) is 4.79. The van der Waals surface area contributed by atoms with E-state index in [0.717, 1.165) is 58.4 Å². The van der Waals surface area contributed by atoms with Crippen LogP contribution in [-0.2, 0) is 14.2 Å². The zero-order valence-corrected chi connectivity index (χ0v) is 21.4. The lowest BCUT2D eigenvalue weighted by molar-refractivity contribution is -0.0317. The Kier molecular flexibility index (Phi) is 7.25. The molecule has 196 valence electrons. The zero-order valence-electron chi connectivity index (χ0n) is 20.6. The number of carbonyl (C=O) groups excluding carboxylic acids is 1. The Labute approximate surface area is 215 Å². The van der Waals surface area contributed by atoms with Crippen LogP contribution < -0.4 is 4.90 Å². The lowest BCUT2D eigenvalue weighted by atomic mass is 10.0. The van der Waals surface area contributed by atoms with Crippen LogP contribution in [0, 0.1) is 0 Å². The van der Waals surface area contributed by atoms with Crippen LogP contribution in [0.1, 0.15) is 49.0 Å². The molecule has 4 saturated heterocycles. The molecule has 11 nitrogen and oxygen atoms in total. The highest BCUT2D eigenvalue weighted by Gasteiger charge is 2.34. The number of likely N-dealkylation sites (tertiary alicyclic amines) is 1. The number of halogens is 1. The number of rotatable bonds is 4. The fraction of sp³-hybridized carbons (Fsp3) is 0.750. The molecule has 12 heteroatoms. The highest BCUT2D eigenvalue weighted by molar-refractivity contribution is 6.28. The first-order valence-corrected chi connectivity index (χ1v) is 13.6. The minimum Gasteiger partial charge on any atom is -0.379 e. The first-order chi connectivity index (χ1) is 17.7. The molecule has 6 heterocycles. The molecule has 0 aliphatic carbocycles. The SMILES string of the molecule is O=C(c1nc2c(N3CCOCC3)nc(Cl)nc2n1C1CCCCO1)N1CCC(N2CCOCC2)CC1. The first-order valence-electron chi connectivity index (χ1n) is 13.2. The molecule has 0 radical (unpaired) electrons. The van der Waals surface area contributed by atoms with E-state index in [-0.39, 0.29) is 17.4 Å². The van der Waals surface area contributed by atoms with Crippen molar-refractivity contribution in [2.45, 2.75) is 44.4 Å². The summed E-state index contributed by atoms with van der Waals surface area (Å²) in [5, 5.41) is 0.145. The van der Waals surface area contributed by atoms with Gasteiger partial charge in [0.25, 0.3) is 5.91 Å². The van der Waals surface area contributed by atoms with Crippen LogP contribution in [0.25, 0.3) is 11.2 Å². The minimum absolute atomic E-state index is 0.0772. The third-order valence-corrected chi connectivity index (χ3v) is 7.92. The van der Waals surface area contributed by atoms with Gasteiger partial charge >= 0.3 is 0 Å². The number of morpholine rings is 2. The molecule has 4 fully saturated rings. The predicted octanol–water partition coefficient (Wildman–Crippen LogP) is 1.95. The Bertz CT molecular complexity index is 1070. The van der Waals surface area contributed by atoms with Gasteiger partial charge in [-0.2, -0.15) is 9.97 Å². The average Bonchev–Trinajstić information content (AvgIpc) is 3.33. The molecule has 36 heavy (non-hydrogen) atoms. The van der Waals surface area contributed by atoms with E-state index < -0.39 is 0 Å². The van der Waals surface area contributed by atoms with E-state index in [9.17, 15) is 4.79 Å². The number of imidazole rings is 1. The first kappa shape index (κ1) is 24.3. The lowest BCUT2D eigenvalue weighted by Gasteiger charge is -2.40. The Morgan fingerprint density at radius 2 is 1.56 bits per heavy atom. The van der Waals surface area contributed by atoms with Gasteiger partial charge in [-0.25, -0.2) is 4.98 Å². The van der Waals surface area contributed by atoms with E-state index in [1.54, 1.807) is 0 Å². The number of ether oxygens (including phenoxy) is 3. The monoisotopic (exact) mass is 519 g/mol. The Morgan fingerprint density at radius 1 is 0.833 bits per heavy atom. The van der Waals surface area contributed by atoms with Gasteiger partial charge in [0, 0.05) is 51.9 Å². The minimum atomic E-state index is -0.294. The molecule has 1 unspecified atom stereocenters. The van der Waals surface area contributed by atoms with Crippen LogP contribution in [0.3, 0.4) is 0 Å². The van der Waals surface area contributed by atoms with Gasteiger partial charge in [0.05, 0.1) is 26.4 Å². The molecule has 2 aromatic heterocycles. The molecular formula is C24H34ClN7O4. The Morgan fingerprint density at radius 3 is 2.25 bits per heavy atom. The summed E-state index contributed by atoms with van der Waals surface area (Å²) in [5.74, 6) is 0.947. The second-order valence-electron chi connectivity index (χ2n) is 9.89. The van der Waals surface area contributed by atoms with Crippen molar-refractivity contribution in [2.75, 3.05) is 77.2 Å². The number of amides is 1. The summed E-state index contributed by atoms with van der Waals surface area (Å²) >= 11 is 6.41. The normalized spacial score (nSPS) is 25.0. The van der Waals surface area contributed by atoms with Gasteiger partial charge < -0.3 is 24.0 Å². The summed E-state index contributed by atoms with van der Waals surface area (Å²) in [5.41, 5.74) is 1.16. The van der Waals surface area contributed by atoms with Crippen LogP contribution in [0.5, 0.6) is 0 Å². The van der Waals surface area contributed by atoms with Gasteiger partial charge in [-0.15, -0.1) is 0 Å². The van der Waals surface area contributed by atoms with Gasteiger partial charge in [0.15, 0.2) is 17.0 Å². The molecule has 0 spiro atoms. The summed E-state index contributed by atoms with van der Waals surface area (Å²) in [6, 6.07) is 0.496. The standard InChI is InChI=1S/C24H34ClN7O4/c25-24-27-20(30-10-15-35-16-11-30)19-21(28-24)32(18-3-1-2-12-36-18)22(26-19)23(33)31-6-4-17(5-7-31)29-8-13-34-14-9-29/h17-18H,1-16H2. The smallest absolute Gasteiger partial charge is 0.290 e. The predicted molar refractivity (Wildman–Crippen MR) is 134 cm³/mol. The molecule has 0 aromatic carbocycles. The lowest BCUT2D eigenvalue weighted by Crippen LogP contribution is -2.50. The van der Waals surface area contributed by atoms with Gasteiger partial charge in [0.2, 0.25) is 11.1 Å². The maximum atomic E-state index is 13.9. The van der Waals surface area contributed by atoms with Crippen molar-refractivity contribution < 1.29 is 19.0 Å². The zero-order chi connectivity index (χ0) is 24.5. The second-order valence-corrected chi connectivity index (χ2v) is 10.2. The van der Waals surface area contributed by atoms with E-state index in [2.05, 4.69) is 19.8 Å². The maximum absolute atomic E-state index is 13.9. The molecule has 0 N–H and O–H groups in total. The molecule has 0 saturated carbocycles. The third-order valence-electron chi connectivity index (χ3n) is 7.75. The van der Waals surface area contributed by atoms with E-state index in [1.807, 2.05) is 9.47 Å². The number of fused-ring (bicyclic) bond motifs is 1. The van der Waals surface area contributed by atoms with Crippen molar-refractivity contribution in [3.63, 3.8) is 0 Å². The summed E-state index contributed by atoms with van der Waals surface area (Å²) in [6.45, 7) is 8.18. The second kappa shape index (κ2) is 10.7. The molecule has 1 amide bonds. The largest absolute Gasteiger partial charge is 0.379 e. The Balaban J connectivity index is 1.32. The van der Waals surface area contributed by atoms with E-state index >= 15 is 0 Å². The Hall–Kier alpha value is -2.05. The van der Waals surface area contributed by atoms with E-state index in [1.165, 1.54) is 0 Å². The van der Waals surface area contributed by atoms with Crippen LogP contribution in [0.4, 0.5) is 5.82 Å². The number of hydrogen-bond donors (Lipinski definition) is 0. The number of nitrogens with zero attached hydrogens (tertiary/aromatic N) is 7. The van der Waals surface area contributed by atoms with Gasteiger partial charge in [-0.05, 0) is 43.7 Å². The van der Waals surface area contributed by atoms with Crippen LogP contribution in [-0.4, -0.2) is 114 Å². The van der Waals surface area contributed by atoms with Crippen LogP contribution >= 0.6 is 11.6 Å². The van der Waals surface area contributed by atoms with Crippen molar-refractivity contribution in [1.29, 1.82) is 0 Å².